The molecule has 0 saturated heterocycles. The van der Waals surface area contributed by atoms with Gasteiger partial charge in [0.25, 0.3) is 0 Å². The third-order valence-electron chi connectivity index (χ3n) is 4.14. The van der Waals surface area contributed by atoms with Crippen molar-refractivity contribution in [2.45, 2.75) is 26.9 Å². The van der Waals surface area contributed by atoms with E-state index in [1.165, 1.54) is 28.2 Å². The first kappa shape index (κ1) is 19.4. The fourth-order valence-electron chi connectivity index (χ4n) is 2.73. The number of methoxy groups -OCH3 is 2. The van der Waals surface area contributed by atoms with Crippen LogP contribution in [0.2, 0.25) is 0 Å². The summed E-state index contributed by atoms with van der Waals surface area (Å²) < 4.78 is 16.2. The molecule has 0 radical (unpaired) electrons. The number of hydrogen-bond acceptors (Lipinski definition) is 7. The molecule has 0 bridgehead atoms. The van der Waals surface area contributed by atoms with Crippen LogP contribution in [0.1, 0.15) is 32.7 Å². The predicted molar refractivity (Wildman–Crippen MR) is 108 cm³/mol. The molecule has 0 spiro atoms. The van der Waals surface area contributed by atoms with Crippen LogP contribution in [0.15, 0.2) is 29.6 Å². The van der Waals surface area contributed by atoms with Crippen molar-refractivity contribution in [3.8, 4) is 22.1 Å². The van der Waals surface area contributed by atoms with Crippen LogP contribution < -0.4 is 9.47 Å². The zero-order chi connectivity index (χ0) is 19.4. The maximum Gasteiger partial charge on any atom is 0.348 e. The molecule has 5 nitrogen and oxygen atoms in total. The first-order valence-electron chi connectivity index (χ1n) is 8.49. The number of carbonyl (C=O) groups is 1. The number of para-hydroxylation sites is 1. The van der Waals surface area contributed by atoms with E-state index in [2.05, 4.69) is 11.9 Å². The lowest BCUT2D eigenvalue weighted by molar-refractivity contribution is 0.0474. The van der Waals surface area contributed by atoms with E-state index in [1.54, 1.807) is 14.2 Å². The quantitative estimate of drug-likeness (QED) is 0.513. The van der Waals surface area contributed by atoms with E-state index >= 15 is 0 Å². The Morgan fingerprint density at radius 1 is 1.22 bits per heavy atom. The van der Waals surface area contributed by atoms with Gasteiger partial charge in [-0.25, -0.2) is 9.78 Å². The van der Waals surface area contributed by atoms with E-state index in [-0.39, 0.29) is 12.6 Å². The summed E-state index contributed by atoms with van der Waals surface area (Å²) in [5, 5.41) is 2.68. The molecular weight excluding hydrogens is 382 g/mol. The molecule has 142 valence electrons. The highest BCUT2D eigenvalue weighted by Gasteiger charge is 2.16. The second kappa shape index (κ2) is 8.54. The zero-order valence-electron chi connectivity index (χ0n) is 15.7. The Hall–Kier alpha value is -2.38. The Labute approximate surface area is 166 Å². The highest BCUT2D eigenvalue weighted by molar-refractivity contribution is 7.14. The smallest absolute Gasteiger partial charge is 0.348 e. The van der Waals surface area contributed by atoms with Gasteiger partial charge < -0.3 is 14.2 Å². The van der Waals surface area contributed by atoms with Crippen LogP contribution in [0, 0.1) is 6.92 Å². The Bertz CT molecular complexity index is 945. The second-order valence-corrected chi connectivity index (χ2v) is 7.92. The Morgan fingerprint density at radius 3 is 2.70 bits per heavy atom. The van der Waals surface area contributed by atoms with Crippen LogP contribution in [-0.2, 0) is 17.8 Å². The number of nitrogens with zero attached hydrogens (tertiary/aromatic N) is 1. The Kier molecular flexibility index (Phi) is 6.13. The van der Waals surface area contributed by atoms with Crippen LogP contribution in [-0.4, -0.2) is 25.2 Å². The number of aryl methyl sites for hydroxylation is 2. The molecule has 2 aromatic heterocycles. The zero-order valence-corrected chi connectivity index (χ0v) is 17.3. The van der Waals surface area contributed by atoms with Crippen molar-refractivity contribution in [2.24, 2.45) is 0 Å². The molecule has 0 aliphatic carbocycles. The maximum absolute atomic E-state index is 12.3. The van der Waals surface area contributed by atoms with Crippen molar-refractivity contribution in [3.05, 3.63) is 50.7 Å². The topological polar surface area (TPSA) is 57.7 Å². The van der Waals surface area contributed by atoms with Gasteiger partial charge in [0.1, 0.15) is 16.5 Å². The Morgan fingerprint density at radius 2 is 2.04 bits per heavy atom. The second-order valence-electron chi connectivity index (χ2n) is 5.81. The van der Waals surface area contributed by atoms with Crippen LogP contribution in [0.4, 0.5) is 0 Å². The van der Waals surface area contributed by atoms with Gasteiger partial charge >= 0.3 is 5.97 Å². The highest BCUT2D eigenvalue weighted by Crippen LogP contribution is 2.39. The molecule has 0 aliphatic heterocycles. The lowest BCUT2D eigenvalue weighted by atomic mass is 10.2. The third kappa shape index (κ3) is 4.14. The number of aromatic nitrogens is 1. The number of thiophene rings is 1. The van der Waals surface area contributed by atoms with Crippen molar-refractivity contribution in [1.29, 1.82) is 0 Å². The molecule has 7 heteroatoms. The van der Waals surface area contributed by atoms with Gasteiger partial charge in [-0.1, -0.05) is 13.0 Å². The maximum atomic E-state index is 12.3. The molecule has 2 heterocycles. The summed E-state index contributed by atoms with van der Waals surface area (Å²) in [5.41, 5.74) is 2.74. The summed E-state index contributed by atoms with van der Waals surface area (Å²) in [4.78, 5) is 18.7. The minimum atomic E-state index is -0.309. The van der Waals surface area contributed by atoms with Crippen LogP contribution in [0.5, 0.6) is 11.5 Å². The summed E-state index contributed by atoms with van der Waals surface area (Å²) in [7, 11) is 3.20. The fraction of sp³-hybridized carbons (Fsp3) is 0.300. The predicted octanol–water partition coefficient (Wildman–Crippen LogP) is 5.12. The highest BCUT2D eigenvalue weighted by atomic mass is 32.1. The van der Waals surface area contributed by atoms with E-state index < -0.39 is 0 Å². The summed E-state index contributed by atoms with van der Waals surface area (Å²) in [5.74, 6) is 0.980. The fourth-order valence-corrected chi connectivity index (χ4v) is 4.57. The molecule has 3 aromatic rings. The molecule has 0 unspecified atom stereocenters. The van der Waals surface area contributed by atoms with Crippen molar-refractivity contribution in [1.82, 2.24) is 4.98 Å². The Balaban J connectivity index is 1.72. The molecule has 1 aromatic carbocycles. The van der Waals surface area contributed by atoms with E-state index in [1.807, 2.05) is 36.6 Å². The molecular formula is C20H21NO4S2. The summed E-state index contributed by atoms with van der Waals surface area (Å²) in [6, 6.07) is 7.57. The molecule has 3 rings (SSSR count). The van der Waals surface area contributed by atoms with Gasteiger partial charge in [0.2, 0.25) is 0 Å². The summed E-state index contributed by atoms with van der Waals surface area (Å²) >= 11 is 2.94. The minimum absolute atomic E-state index is 0.139. The lowest BCUT2D eigenvalue weighted by Crippen LogP contribution is -2.03. The van der Waals surface area contributed by atoms with Gasteiger partial charge in [0, 0.05) is 10.3 Å². The van der Waals surface area contributed by atoms with Crippen LogP contribution >= 0.6 is 22.7 Å². The number of benzene rings is 1. The van der Waals surface area contributed by atoms with E-state index in [0.717, 1.165) is 21.9 Å². The largest absolute Gasteiger partial charge is 0.493 e. The number of rotatable bonds is 7. The normalized spacial score (nSPS) is 10.7. The van der Waals surface area contributed by atoms with Crippen molar-refractivity contribution < 1.29 is 19.0 Å². The first-order chi connectivity index (χ1) is 13.1. The van der Waals surface area contributed by atoms with Crippen molar-refractivity contribution >= 4 is 28.6 Å². The van der Waals surface area contributed by atoms with Crippen LogP contribution in [0.25, 0.3) is 10.6 Å². The third-order valence-corrected chi connectivity index (χ3v) is 6.14. The molecule has 0 saturated carbocycles. The van der Waals surface area contributed by atoms with Gasteiger partial charge in [-0.2, -0.15) is 0 Å². The van der Waals surface area contributed by atoms with Crippen molar-refractivity contribution in [3.63, 3.8) is 0 Å². The first-order valence-corrected chi connectivity index (χ1v) is 10.2. The van der Waals surface area contributed by atoms with Gasteiger partial charge in [-0.3, -0.25) is 0 Å². The molecule has 0 amide bonds. The van der Waals surface area contributed by atoms with Gasteiger partial charge in [0.15, 0.2) is 11.5 Å². The molecule has 0 fully saturated rings. The summed E-state index contributed by atoms with van der Waals surface area (Å²) in [6.07, 6.45) is 0.910. The number of carbonyl (C=O) groups excluding carboxylic acids is 1. The number of hydrogen-bond donors (Lipinski definition) is 0. The molecule has 27 heavy (non-hydrogen) atoms. The minimum Gasteiger partial charge on any atom is -0.493 e. The average Bonchev–Trinajstić information content (AvgIpc) is 3.31. The summed E-state index contributed by atoms with van der Waals surface area (Å²) in [6.45, 7) is 4.24. The SMILES string of the molecule is CCc1cc(C(=O)OCc2csc(-c3cccc(OC)c3OC)n2)sc1C. The van der Waals surface area contributed by atoms with Crippen molar-refractivity contribution in [2.75, 3.05) is 14.2 Å². The van der Waals surface area contributed by atoms with E-state index in [4.69, 9.17) is 14.2 Å². The van der Waals surface area contributed by atoms with Gasteiger partial charge in [-0.15, -0.1) is 22.7 Å². The van der Waals surface area contributed by atoms with E-state index in [9.17, 15) is 4.79 Å². The number of esters is 1. The van der Waals surface area contributed by atoms with Crippen LogP contribution in [0.3, 0.4) is 0 Å². The van der Waals surface area contributed by atoms with Gasteiger partial charge in [0.05, 0.1) is 25.5 Å². The molecule has 0 N–H and O–H groups in total. The van der Waals surface area contributed by atoms with Gasteiger partial charge in [-0.05, 0) is 37.1 Å². The average molecular weight is 404 g/mol. The number of ether oxygens (including phenoxy) is 3. The standard InChI is InChI=1S/C20H21NO4S2/c1-5-13-9-17(27-12(13)2)20(22)25-10-14-11-26-19(21-14)15-7-6-8-16(23-3)18(15)24-4/h6-9,11H,5,10H2,1-4H3. The lowest BCUT2D eigenvalue weighted by Gasteiger charge is -2.10. The number of thiazole rings is 1. The molecule has 0 atom stereocenters. The monoisotopic (exact) mass is 403 g/mol. The van der Waals surface area contributed by atoms with E-state index in [0.29, 0.717) is 22.1 Å². The molecule has 0 aliphatic rings.